The van der Waals surface area contributed by atoms with E-state index in [0.717, 1.165) is 0 Å². The summed E-state index contributed by atoms with van der Waals surface area (Å²) in [6.07, 6.45) is 1.25. The van der Waals surface area contributed by atoms with Crippen LogP contribution in [0.3, 0.4) is 0 Å². The molecule has 0 aliphatic rings. The fourth-order valence-electron chi connectivity index (χ4n) is 0.550. The van der Waals surface area contributed by atoms with E-state index in [1.165, 1.54) is 25.6 Å². The number of nitrogens with zero attached hydrogens (tertiary/aromatic N) is 1. The first-order chi connectivity index (χ1) is 6.72. The van der Waals surface area contributed by atoms with E-state index in [2.05, 4.69) is 19.6 Å². The lowest BCUT2D eigenvalue weighted by Gasteiger charge is -1.85. The van der Waals surface area contributed by atoms with E-state index in [4.69, 9.17) is 0 Å². The molecule has 1 aromatic rings. The van der Waals surface area contributed by atoms with Crippen LogP contribution in [0, 0.1) is 10.1 Å². The Morgan fingerprint density at radius 2 is 1.57 bits per heavy atom. The van der Waals surface area contributed by atoms with Gasteiger partial charge in [0.15, 0.2) is 0 Å². The van der Waals surface area contributed by atoms with Crippen LogP contribution in [0.1, 0.15) is 20.3 Å². The van der Waals surface area contributed by atoms with Crippen molar-refractivity contribution in [3.63, 3.8) is 0 Å². The van der Waals surface area contributed by atoms with E-state index in [1.807, 2.05) is 0 Å². The highest BCUT2D eigenvalue weighted by molar-refractivity contribution is 5.27. The Hall–Kier alpha value is -1.42. The van der Waals surface area contributed by atoms with Crippen LogP contribution in [0.5, 0.6) is 0 Å². The number of para-hydroxylation sites is 1. The predicted molar refractivity (Wildman–Crippen MR) is 59.2 cm³/mol. The molecule has 0 aliphatic carbocycles. The van der Waals surface area contributed by atoms with Crippen molar-refractivity contribution in [1.29, 1.82) is 0 Å². The minimum absolute atomic E-state index is 0.137. The quantitative estimate of drug-likeness (QED) is 0.557. The molecular formula is C10H18N2O2. The number of rotatable bonds is 1. The van der Waals surface area contributed by atoms with Crippen molar-refractivity contribution in [1.82, 2.24) is 0 Å². The third-order valence-corrected chi connectivity index (χ3v) is 0.967. The van der Waals surface area contributed by atoms with Crippen molar-refractivity contribution in [3.8, 4) is 0 Å². The van der Waals surface area contributed by atoms with Gasteiger partial charge in [-0.3, -0.25) is 10.1 Å². The Kier molecular flexibility index (Phi) is 12.5. The maximum atomic E-state index is 10.0. The summed E-state index contributed by atoms with van der Waals surface area (Å²) in [6, 6.07) is 7.93. The van der Waals surface area contributed by atoms with Gasteiger partial charge in [-0.15, -0.1) is 0 Å². The topological polar surface area (TPSA) is 69.2 Å². The summed E-state index contributed by atoms with van der Waals surface area (Å²) >= 11 is 0. The molecule has 14 heavy (non-hydrogen) atoms. The van der Waals surface area contributed by atoms with Crippen molar-refractivity contribution in [2.75, 3.05) is 7.05 Å². The molecule has 1 rings (SSSR count). The van der Waals surface area contributed by atoms with E-state index in [1.54, 1.807) is 18.2 Å². The summed E-state index contributed by atoms with van der Waals surface area (Å²) in [4.78, 5) is 9.59. The number of benzene rings is 1. The zero-order valence-electron chi connectivity index (χ0n) is 8.93. The van der Waals surface area contributed by atoms with Gasteiger partial charge in [0, 0.05) is 12.1 Å². The Morgan fingerprint density at radius 1 is 1.21 bits per heavy atom. The van der Waals surface area contributed by atoms with Gasteiger partial charge in [0.1, 0.15) is 0 Å². The molecule has 0 unspecified atom stereocenters. The Labute approximate surface area is 84.9 Å². The number of non-ortho nitro benzene ring substituents is 1. The molecule has 0 atom stereocenters. The Morgan fingerprint density at radius 3 is 1.79 bits per heavy atom. The zero-order valence-corrected chi connectivity index (χ0v) is 8.93. The number of nitro groups is 1. The van der Waals surface area contributed by atoms with Gasteiger partial charge in [0.05, 0.1) is 4.92 Å². The van der Waals surface area contributed by atoms with E-state index in [-0.39, 0.29) is 5.69 Å². The van der Waals surface area contributed by atoms with Crippen LogP contribution in [0.25, 0.3) is 0 Å². The van der Waals surface area contributed by atoms with Crippen LogP contribution in [-0.4, -0.2) is 12.0 Å². The van der Waals surface area contributed by atoms with Crippen molar-refractivity contribution < 1.29 is 4.92 Å². The summed E-state index contributed by atoms with van der Waals surface area (Å²) in [5.41, 5.74) is 4.64. The highest BCUT2D eigenvalue weighted by Gasteiger charge is 1.98. The third-order valence-electron chi connectivity index (χ3n) is 0.967. The third kappa shape index (κ3) is 8.67. The SMILES string of the molecule is CCC.CN.O=[N+]([O-])c1ccccc1. The minimum Gasteiger partial charge on any atom is -0.333 e. The number of hydrogen-bond acceptors (Lipinski definition) is 3. The van der Waals surface area contributed by atoms with E-state index in [9.17, 15) is 10.1 Å². The van der Waals surface area contributed by atoms with Crippen LogP contribution in [0.4, 0.5) is 5.69 Å². The zero-order chi connectivity index (χ0) is 11.4. The van der Waals surface area contributed by atoms with E-state index < -0.39 is 4.92 Å². The molecule has 0 heterocycles. The molecule has 0 aliphatic heterocycles. The maximum Gasteiger partial charge on any atom is 0.269 e. The fourth-order valence-corrected chi connectivity index (χ4v) is 0.550. The van der Waals surface area contributed by atoms with Crippen LogP contribution in [-0.2, 0) is 0 Å². The van der Waals surface area contributed by atoms with Gasteiger partial charge in [-0.05, 0) is 7.05 Å². The van der Waals surface area contributed by atoms with Crippen molar-refractivity contribution in [2.24, 2.45) is 5.73 Å². The van der Waals surface area contributed by atoms with Gasteiger partial charge >= 0.3 is 0 Å². The summed E-state index contributed by atoms with van der Waals surface area (Å²) in [7, 11) is 1.50. The van der Waals surface area contributed by atoms with Gasteiger partial charge in [-0.2, -0.15) is 0 Å². The lowest BCUT2D eigenvalue weighted by Crippen LogP contribution is -1.84. The molecular weight excluding hydrogens is 180 g/mol. The first-order valence-electron chi connectivity index (χ1n) is 4.49. The molecule has 0 saturated carbocycles. The first kappa shape index (κ1) is 15.1. The van der Waals surface area contributed by atoms with Gasteiger partial charge in [0.25, 0.3) is 5.69 Å². The van der Waals surface area contributed by atoms with Gasteiger partial charge < -0.3 is 5.73 Å². The minimum atomic E-state index is -0.417. The van der Waals surface area contributed by atoms with E-state index >= 15 is 0 Å². The van der Waals surface area contributed by atoms with Crippen LogP contribution >= 0.6 is 0 Å². The summed E-state index contributed by atoms with van der Waals surface area (Å²) in [5, 5.41) is 10.0. The van der Waals surface area contributed by atoms with Gasteiger partial charge in [0.2, 0.25) is 0 Å². The second-order valence-corrected chi connectivity index (χ2v) is 2.30. The Bertz CT molecular complexity index is 225. The van der Waals surface area contributed by atoms with Crippen molar-refractivity contribution in [3.05, 3.63) is 40.4 Å². The molecule has 4 nitrogen and oxygen atoms in total. The second kappa shape index (κ2) is 11.6. The second-order valence-electron chi connectivity index (χ2n) is 2.30. The molecule has 4 heteroatoms. The number of nitrogens with two attached hydrogens (primary N) is 1. The molecule has 80 valence electrons. The lowest BCUT2D eigenvalue weighted by atomic mass is 10.3. The molecule has 1 aromatic carbocycles. The highest BCUT2D eigenvalue weighted by atomic mass is 16.6. The lowest BCUT2D eigenvalue weighted by molar-refractivity contribution is -0.384. The number of hydrogen-bond donors (Lipinski definition) is 1. The molecule has 2 N–H and O–H groups in total. The van der Waals surface area contributed by atoms with Crippen molar-refractivity contribution >= 4 is 5.69 Å². The summed E-state index contributed by atoms with van der Waals surface area (Å²) in [6.45, 7) is 4.25. The average molecular weight is 198 g/mol. The Balaban J connectivity index is 0. The normalized spacial score (nSPS) is 7.43. The fraction of sp³-hybridized carbons (Fsp3) is 0.400. The van der Waals surface area contributed by atoms with Gasteiger partial charge in [-0.1, -0.05) is 38.5 Å². The largest absolute Gasteiger partial charge is 0.333 e. The molecule has 0 radical (unpaired) electrons. The molecule has 0 amide bonds. The molecule has 0 spiro atoms. The summed E-state index contributed by atoms with van der Waals surface area (Å²) in [5.74, 6) is 0. The maximum absolute atomic E-state index is 10.0. The van der Waals surface area contributed by atoms with Crippen LogP contribution in [0.15, 0.2) is 30.3 Å². The average Bonchev–Trinajstić information content (AvgIpc) is 2.23. The molecule has 0 saturated heterocycles. The van der Waals surface area contributed by atoms with Gasteiger partial charge in [-0.25, -0.2) is 0 Å². The highest BCUT2D eigenvalue weighted by Crippen LogP contribution is 2.06. The van der Waals surface area contributed by atoms with E-state index in [0.29, 0.717) is 0 Å². The number of nitro benzene ring substituents is 1. The summed E-state index contributed by atoms with van der Waals surface area (Å²) < 4.78 is 0. The van der Waals surface area contributed by atoms with Crippen molar-refractivity contribution in [2.45, 2.75) is 20.3 Å². The first-order valence-corrected chi connectivity index (χ1v) is 4.49. The molecule has 0 aromatic heterocycles. The van der Waals surface area contributed by atoms with Crippen LogP contribution in [0.2, 0.25) is 0 Å². The molecule has 0 bridgehead atoms. The molecule has 0 fully saturated rings. The van der Waals surface area contributed by atoms with Crippen LogP contribution < -0.4 is 5.73 Å². The smallest absolute Gasteiger partial charge is 0.269 e. The predicted octanol–water partition coefficient (Wildman–Crippen LogP) is 2.59. The standard InChI is InChI=1S/C6H5NO2.C3H8.CH5N/c8-7(9)6-4-2-1-3-5-6;1-3-2;1-2/h1-5H;3H2,1-2H3;2H2,1H3. The monoisotopic (exact) mass is 198 g/mol.